The molecule has 2 aromatic carbocycles. The van der Waals surface area contributed by atoms with Gasteiger partial charge in [-0.15, -0.1) is 13.0 Å². The maximum atomic E-state index is 9.76. The Bertz CT molecular complexity index is 1190. The molecule has 5 heteroatoms. The highest BCUT2D eigenvalue weighted by Crippen LogP contribution is 2.35. The lowest BCUT2D eigenvalue weighted by Gasteiger charge is -2.15. The van der Waals surface area contributed by atoms with Gasteiger partial charge in [-0.05, 0) is 61.7 Å². The molecule has 3 rings (SSSR count). The molecule has 0 aliphatic heterocycles. The molecule has 0 amide bonds. The molecular weight excluding hydrogens is 374 g/mol. The van der Waals surface area contributed by atoms with Crippen LogP contribution < -0.4 is 9.47 Å². The van der Waals surface area contributed by atoms with Gasteiger partial charge in [0.25, 0.3) is 0 Å². The number of aryl methyl sites for hydroxylation is 1. The van der Waals surface area contributed by atoms with Gasteiger partial charge in [0, 0.05) is 5.56 Å². The summed E-state index contributed by atoms with van der Waals surface area (Å²) in [6.07, 6.45) is 9.50. The van der Waals surface area contributed by atoms with Crippen LogP contribution in [0, 0.1) is 30.6 Å². The summed E-state index contributed by atoms with van der Waals surface area (Å²) >= 11 is 0. The zero-order valence-corrected chi connectivity index (χ0v) is 17.2. The van der Waals surface area contributed by atoms with Crippen molar-refractivity contribution in [2.75, 3.05) is 13.2 Å². The molecule has 0 unspecified atom stereocenters. The lowest BCUT2D eigenvalue weighted by atomic mass is 10.0. The minimum atomic E-state index is 0.140. The maximum Gasteiger partial charge on any atom is 0.166 e. The second-order valence-corrected chi connectivity index (χ2v) is 6.70. The van der Waals surface area contributed by atoms with Crippen LogP contribution in [0.2, 0.25) is 0 Å². The molecule has 0 radical (unpaired) electrons. The van der Waals surface area contributed by atoms with Crippen molar-refractivity contribution in [3.8, 4) is 29.9 Å². The first kappa shape index (κ1) is 20.8. The molecule has 5 nitrogen and oxygen atoms in total. The van der Waals surface area contributed by atoms with Gasteiger partial charge in [0.15, 0.2) is 11.5 Å². The summed E-state index contributed by atoms with van der Waals surface area (Å²) in [5.74, 6) is 4.18. The minimum absolute atomic E-state index is 0.140. The monoisotopic (exact) mass is 397 g/mol. The SMILES string of the molecule is C#CCOc1c(CC=C)cc(/C=C(\C#N)c2nc3ccc(C)cc3[nH]2)cc1OCC. The van der Waals surface area contributed by atoms with E-state index in [1.54, 1.807) is 12.2 Å². The van der Waals surface area contributed by atoms with Gasteiger partial charge in [0.2, 0.25) is 0 Å². The highest BCUT2D eigenvalue weighted by molar-refractivity contribution is 5.90. The molecule has 0 spiro atoms. The molecule has 1 N–H and O–H groups in total. The zero-order valence-electron chi connectivity index (χ0n) is 17.2. The molecule has 0 bridgehead atoms. The van der Waals surface area contributed by atoms with Crippen LogP contribution in [-0.2, 0) is 6.42 Å². The van der Waals surface area contributed by atoms with Crippen molar-refractivity contribution >= 4 is 22.7 Å². The third-order valence-electron chi connectivity index (χ3n) is 4.44. The summed E-state index contributed by atoms with van der Waals surface area (Å²) in [7, 11) is 0. The van der Waals surface area contributed by atoms with Gasteiger partial charge in [-0.2, -0.15) is 5.26 Å². The van der Waals surface area contributed by atoms with Crippen LogP contribution in [0.15, 0.2) is 43.0 Å². The van der Waals surface area contributed by atoms with Crippen LogP contribution >= 0.6 is 0 Å². The Morgan fingerprint density at radius 1 is 1.30 bits per heavy atom. The number of nitrogens with one attached hydrogen (secondary N) is 1. The van der Waals surface area contributed by atoms with Crippen LogP contribution in [0.1, 0.15) is 29.4 Å². The van der Waals surface area contributed by atoms with Crippen molar-refractivity contribution in [3.63, 3.8) is 0 Å². The lowest BCUT2D eigenvalue weighted by molar-refractivity contribution is 0.297. The Kier molecular flexibility index (Phi) is 6.57. The Hall–Kier alpha value is -3.96. The first-order valence-corrected chi connectivity index (χ1v) is 9.65. The van der Waals surface area contributed by atoms with E-state index in [9.17, 15) is 5.26 Å². The number of nitrogens with zero attached hydrogens (tertiary/aromatic N) is 2. The van der Waals surface area contributed by atoms with Gasteiger partial charge in [0.1, 0.15) is 18.5 Å². The van der Waals surface area contributed by atoms with E-state index < -0.39 is 0 Å². The normalized spacial score (nSPS) is 11.0. The molecule has 0 aliphatic carbocycles. The first-order valence-electron chi connectivity index (χ1n) is 9.65. The van der Waals surface area contributed by atoms with E-state index in [0.717, 1.165) is 27.7 Å². The molecule has 0 fully saturated rings. The van der Waals surface area contributed by atoms with Crippen molar-refractivity contribution in [2.24, 2.45) is 0 Å². The number of hydrogen-bond donors (Lipinski definition) is 1. The fourth-order valence-electron chi connectivity index (χ4n) is 3.19. The van der Waals surface area contributed by atoms with Gasteiger partial charge < -0.3 is 14.5 Å². The highest BCUT2D eigenvalue weighted by atomic mass is 16.5. The van der Waals surface area contributed by atoms with Crippen molar-refractivity contribution < 1.29 is 9.47 Å². The van der Waals surface area contributed by atoms with Crippen LogP contribution in [0.4, 0.5) is 0 Å². The van der Waals surface area contributed by atoms with E-state index in [-0.39, 0.29) is 6.61 Å². The molecule has 0 atom stereocenters. The van der Waals surface area contributed by atoms with E-state index in [1.165, 1.54) is 0 Å². The number of allylic oxidation sites excluding steroid dienone is 2. The van der Waals surface area contributed by atoms with E-state index in [2.05, 4.69) is 28.5 Å². The Morgan fingerprint density at radius 2 is 2.13 bits per heavy atom. The maximum absolute atomic E-state index is 9.76. The second-order valence-electron chi connectivity index (χ2n) is 6.70. The molecule has 30 heavy (non-hydrogen) atoms. The number of aromatic amines is 1. The minimum Gasteiger partial charge on any atom is -0.490 e. The number of fused-ring (bicyclic) bond motifs is 1. The number of aromatic nitrogens is 2. The third-order valence-corrected chi connectivity index (χ3v) is 4.44. The van der Waals surface area contributed by atoms with Crippen molar-refractivity contribution in [1.29, 1.82) is 5.26 Å². The number of nitriles is 1. The van der Waals surface area contributed by atoms with Crippen LogP contribution in [0.3, 0.4) is 0 Å². The largest absolute Gasteiger partial charge is 0.490 e. The van der Waals surface area contributed by atoms with Gasteiger partial charge in [0.05, 0.1) is 23.2 Å². The average molecular weight is 397 g/mol. The van der Waals surface area contributed by atoms with Crippen LogP contribution in [0.25, 0.3) is 22.7 Å². The highest BCUT2D eigenvalue weighted by Gasteiger charge is 2.14. The summed E-state index contributed by atoms with van der Waals surface area (Å²) in [6.45, 7) is 8.35. The molecular formula is C25H23N3O2. The van der Waals surface area contributed by atoms with Gasteiger partial charge in [-0.3, -0.25) is 0 Å². The van der Waals surface area contributed by atoms with E-state index >= 15 is 0 Å². The number of benzene rings is 2. The predicted molar refractivity (Wildman–Crippen MR) is 120 cm³/mol. The molecule has 150 valence electrons. The number of terminal acetylenes is 1. The predicted octanol–water partition coefficient (Wildman–Crippen LogP) is 5.07. The third kappa shape index (κ3) is 4.54. The van der Waals surface area contributed by atoms with Crippen molar-refractivity contribution in [3.05, 3.63) is 65.5 Å². The Morgan fingerprint density at radius 3 is 2.83 bits per heavy atom. The second kappa shape index (κ2) is 9.49. The Balaban J connectivity index is 2.09. The Labute approximate surface area is 176 Å². The van der Waals surface area contributed by atoms with E-state index in [4.69, 9.17) is 15.9 Å². The summed E-state index contributed by atoms with van der Waals surface area (Å²) in [5, 5.41) is 9.76. The van der Waals surface area contributed by atoms with Gasteiger partial charge in [-0.25, -0.2) is 4.98 Å². The van der Waals surface area contributed by atoms with Crippen molar-refractivity contribution in [1.82, 2.24) is 9.97 Å². The smallest absolute Gasteiger partial charge is 0.166 e. The molecule has 1 aromatic heterocycles. The molecule has 3 aromatic rings. The first-order chi connectivity index (χ1) is 14.6. The molecule has 0 aliphatic rings. The number of rotatable bonds is 8. The summed E-state index contributed by atoms with van der Waals surface area (Å²) in [6, 6.07) is 12.0. The van der Waals surface area contributed by atoms with E-state index in [1.807, 2.05) is 44.2 Å². The lowest BCUT2D eigenvalue weighted by Crippen LogP contribution is -2.03. The average Bonchev–Trinajstić information content (AvgIpc) is 3.15. The quantitative estimate of drug-likeness (QED) is 0.327. The summed E-state index contributed by atoms with van der Waals surface area (Å²) < 4.78 is 11.5. The molecule has 1 heterocycles. The topological polar surface area (TPSA) is 70.9 Å². The zero-order chi connectivity index (χ0) is 21.5. The number of ether oxygens (including phenoxy) is 2. The fraction of sp³-hybridized carbons (Fsp3) is 0.200. The van der Waals surface area contributed by atoms with Gasteiger partial charge in [-0.1, -0.05) is 18.1 Å². The number of hydrogen-bond acceptors (Lipinski definition) is 4. The van der Waals surface area contributed by atoms with Crippen LogP contribution in [0.5, 0.6) is 11.5 Å². The summed E-state index contributed by atoms with van der Waals surface area (Å²) in [4.78, 5) is 7.79. The van der Waals surface area contributed by atoms with E-state index in [0.29, 0.717) is 35.9 Å². The standard InChI is InChI=1S/C25H23N3O2/c1-5-8-19-13-18(15-23(29-7-3)24(19)30-11-6-2)14-20(16-26)25-27-21-10-9-17(4)12-22(21)28-25/h2,5,9-10,12-15H,1,7-8,11H2,3-4H3,(H,27,28)/b20-14+. The number of imidazole rings is 1. The van der Waals surface area contributed by atoms with Crippen molar-refractivity contribution in [2.45, 2.75) is 20.3 Å². The summed E-state index contributed by atoms with van der Waals surface area (Å²) in [5.41, 5.74) is 4.95. The molecule has 0 saturated carbocycles. The molecule has 0 saturated heterocycles. The van der Waals surface area contributed by atoms with Gasteiger partial charge >= 0.3 is 0 Å². The van der Waals surface area contributed by atoms with Crippen LogP contribution in [-0.4, -0.2) is 23.2 Å². The number of H-pyrrole nitrogens is 1. The fourth-order valence-corrected chi connectivity index (χ4v) is 3.19.